The second kappa shape index (κ2) is 11.4. The highest BCUT2D eigenvalue weighted by molar-refractivity contribution is 5.91. The highest BCUT2D eigenvalue weighted by atomic mass is 19.2. The number of unbranched alkanes of at least 4 members (excludes halogenated alkanes) is 1. The first kappa shape index (κ1) is 25.0. The molecular formula is C24H25F5O4. The van der Waals surface area contributed by atoms with Crippen LogP contribution < -0.4 is 9.47 Å². The Morgan fingerprint density at radius 2 is 1.45 bits per heavy atom. The van der Waals surface area contributed by atoms with E-state index in [1.54, 1.807) is 0 Å². The van der Waals surface area contributed by atoms with Crippen molar-refractivity contribution in [1.29, 1.82) is 0 Å². The molecule has 1 saturated carbocycles. The molecule has 0 N–H and O–H groups in total. The number of hydrogen-bond donors (Lipinski definition) is 0. The largest absolute Gasteiger partial charge is 0.493 e. The van der Waals surface area contributed by atoms with E-state index in [1.807, 2.05) is 0 Å². The molecule has 0 amide bonds. The molecule has 0 saturated heterocycles. The molecule has 0 bridgehead atoms. The average molecular weight is 472 g/mol. The Balaban J connectivity index is 1.56. The fourth-order valence-electron chi connectivity index (χ4n) is 3.65. The van der Waals surface area contributed by atoms with Gasteiger partial charge in [-0.25, -0.2) is 26.7 Å². The molecule has 33 heavy (non-hydrogen) atoms. The lowest BCUT2D eigenvalue weighted by Crippen LogP contribution is -2.25. The minimum absolute atomic E-state index is 0.0956. The lowest BCUT2D eigenvalue weighted by atomic mass is 9.88. The van der Waals surface area contributed by atoms with Crippen LogP contribution in [0.1, 0.15) is 55.8 Å². The Morgan fingerprint density at radius 1 is 0.879 bits per heavy atom. The highest BCUT2D eigenvalue weighted by Gasteiger charge is 2.25. The lowest BCUT2D eigenvalue weighted by Gasteiger charge is -2.28. The summed E-state index contributed by atoms with van der Waals surface area (Å²) in [4.78, 5) is 12.1. The molecule has 1 aliphatic carbocycles. The summed E-state index contributed by atoms with van der Waals surface area (Å²) in [5, 5.41) is 0. The summed E-state index contributed by atoms with van der Waals surface area (Å²) in [5.74, 6) is -9.62. The van der Waals surface area contributed by atoms with Gasteiger partial charge in [-0.2, -0.15) is 0 Å². The van der Waals surface area contributed by atoms with Gasteiger partial charge in [0.25, 0.3) is 0 Å². The summed E-state index contributed by atoms with van der Waals surface area (Å²) < 4.78 is 84.3. The monoisotopic (exact) mass is 472 g/mol. The number of rotatable bonds is 9. The van der Waals surface area contributed by atoms with E-state index < -0.39 is 46.4 Å². The van der Waals surface area contributed by atoms with Gasteiger partial charge in [-0.3, -0.25) is 0 Å². The Kier molecular flexibility index (Phi) is 8.66. The normalized spacial score (nSPS) is 18.2. The van der Waals surface area contributed by atoms with E-state index >= 15 is 0 Å². The SMILES string of the molecule is CCCCOC1CCC(COc2cc(F)c(C(=O)Oc3cc(F)c(F)c(F)c3)c(F)c2)CC1. The van der Waals surface area contributed by atoms with Crippen LogP contribution in [0.15, 0.2) is 24.3 Å². The van der Waals surface area contributed by atoms with Crippen LogP contribution in [-0.2, 0) is 4.74 Å². The molecule has 1 aliphatic rings. The third-order valence-electron chi connectivity index (χ3n) is 5.52. The molecule has 1 fully saturated rings. The van der Waals surface area contributed by atoms with Gasteiger partial charge < -0.3 is 14.2 Å². The van der Waals surface area contributed by atoms with Gasteiger partial charge in [0.05, 0.1) is 12.7 Å². The summed E-state index contributed by atoms with van der Waals surface area (Å²) in [6.07, 6.45) is 5.88. The zero-order valence-corrected chi connectivity index (χ0v) is 18.1. The van der Waals surface area contributed by atoms with Crippen molar-refractivity contribution < 1.29 is 41.0 Å². The van der Waals surface area contributed by atoms with Gasteiger partial charge in [0, 0.05) is 30.9 Å². The molecule has 0 heterocycles. The summed E-state index contributed by atoms with van der Waals surface area (Å²) in [7, 11) is 0. The molecule has 0 unspecified atom stereocenters. The average Bonchev–Trinajstić information content (AvgIpc) is 2.76. The van der Waals surface area contributed by atoms with Gasteiger partial charge in [-0.1, -0.05) is 13.3 Å². The molecule has 0 aliphatic heterocycles. The molecule has 0 atom stereocenters. The van der Waals surface area contributed by atoms with Crippen LogP contribution in [0, 0.1) is 35.0 Å². The van der Waals surface area contributed by atoms with Gasteiger partial charge in [0.15, 0.2) is 17.5 Å². The fraction of sp³-hybridized carbons (Fsp3) is 0.458. The lowest BCUT2D eigenvalue weighted by molar-refractivity contribution is 0.0116. The van der Waals surface area contributed by atoms with Crippen molar-refractivity contribution in [2.75, 3.05) is 13.2 Å². The van der Waals surface area contributed by atoms with Crippen LogP contribution in [0.25, 0.3) is 0 Å². The predicted octanol–water partition coefficient (Wildman–Crippen LogP) is 6.36. The second-order valence-corrected chi connectivity index (χ2v) is 8.03. The van der Waals surface area contributed by atoms with Crippen molar-refractivity contribution in [1.82, 2.24) is 0 Å². The summed E-state index contributed by atoms with van der Waals surface area (Å²) in [6.45, 7) is 3.12. The standard InChI is InChI=1S/C24H25F5O4/c1-2-3-8-31-15-6-4-14(5-7-15)13-32-16-9-18(25)22(19(26)10-16)24(30)33-17-11-20(27)23(29)21(28)12-17/h9-12,14-15H,2-8,13H2,1H3. The van der Waals surface area contributed by atoms with Crippen LogP contribution >= 0.6 is 0 Å². The molecule has 180 valence electrons. The van der Waals surface area contributed by atoms with Crippen LogP contribution in [0.4, 0.5) is 22.0 Å². The quantitative estimate of drug-likeness (QED) is 0.140. The molecule has 2 aromatic rings. The predicted molar refractivity (Wildman–Crippen MR) is 110 cm³/mol. The first-order valence-electron chi connectivity index (χ1n) is 10.9. The zero-order chi connectivity index (χ0) is 24.0. The maximum atomic E-state index is 14.4. The Morgan fingerprint density at radius 3 is 2.03 bits per heavy atom. The molecule has 3 rings (SSSR count). The topological polar surface area (TPSA) is 44.8 Å². The molecular weight excluding hydrogens is 447 g/mol. The van der Waals surface area contributed by atoms with Gasteiger partial charge in [0.2, 0.25) is 0 Å². The number of carbonyl (C=O) groups is 1. The van der Waals surface area contributed by atoms with Crippen molar-refractivity contribution in [3.63, 3.8) is 0 Å². The van der Waals surface area contributed by atoms with E-state index in [-0.39, 0.29) is 24.4 Å². The third-order valence-corrected chi connectivity index (χ3v) is 5.52. The van der Waals surface area contributed by atoms with E-state index in [9.17, 15) is 26.7 Å². The van der Waals surface area contributed by atoms with Gasteiger partial charge in [-0.05, 0) is 38.0 Å². The Labute approximate surface area is 188 Å². The minimum Gasteiger partial charge on any atom is -0.493 e. The number of ether oxygens (including phenoxy) is 3. The third kappa shape index (κ3) is 6.66. The first-order valence-corrected chi connectivity index (χ1v) is 10.9. The molecule has 0 spiro atoms. The number of benzene rings is 2. The van der Waals surface area contributed by atoms with Crippen LogP contribution in [0.5, 0.6) is 11.5 Å². The number of carbonyl (C=O) groups excluding carboxylic acids is 1. The van der Waals surface area contributed by atoms with E-state index in [0.717, 1.165) is 57.3 Å². The number of halogens is 5. The number of esters is 1. The highest BCUT2D eigenvalue weighted by Crippen LogP contribution is 2.29. The van der Waals surface area contributed by atoms with Crippen molar-refractivity contribution in [2.24, 2.45) is 5.92 Å². The van der Waals surface area contributed by atoms with Crippen molar-refractivity contribution in [3.05, 3.63) is 58.9 Å². The van der Waals surface area contributed by atoms with Gasteiger partial charge >= 0.3 is 5.97 Å². The second-order valence-electron chi connectivity index (χ2n) is 8.03. The number of hydrogen-bond acceptors (Lipinski definition) is 4. The van der Waals surface area contributed by atoms with Gasteiger partial charge in [0.1, 0.15) is 28.7 Å². The molecule has 4 nitrogen and oxygen atoms in total. The minimum atomic E-state index is -1.76. The molecule has 0 aromatic heterocycles. The fourth-order valence-corrected chi connectivity index (χ4v) is 3.65. The van der Waals surface area contributed by atoms with E-state index in [0.29, 0.717) is 12.1 Å². The smallest absolute Gasteiger partial charge is 0.349 e. The Hall–Kier alpha value is -2.68. The van der Waals surface area contributed by atoms with Gasteiger partial charge in [-0.15, -0.1) is 0 Å². The summed E-state index contributed by atoms with van der Waals surface area (Å²) in [5.41, 5.74) is -1.06. The zero-order valence-electron chi connectivity index (χ0n) is 18.1. The summed E-state index contributed by atoms with van der Waals surface area (Å²) >= 11 is 0. The molecule has 0 radical (unpaired) electrons. The van der Waals surface area contributed by atoms with E-state index in [2.05, 4.69) is 11.7 Å². The van der Waals surface area contributed by atoms with Crippen molar-refractivity contribution >= 4 is 5.97 Å². The first-order chi connectivity index (χ1) is 15.8. The summed E-state index contributed by atoms with van der Waals surface area (Å²) in [6, 6.07) is 2.47. The maximum Gasteiger partial charge on any atom is 0.349 e. The van der Waals surface area contributed by atoms with Crippen LogP contribution in [-0.4, -0.2) is 25.3 Å². The van der Waals surface area contributed by atoms with Crippen molar-refractivity contribution in [3.8, 4) is 11.5 Å². The maximum absolute atomic E-state index is 14.4. The van der Waals surface area contributed by atoms with E-state index in [1.165, 1.54) is 0 Å². The molecule has 9 heteroatoms. The van der Waals surface area contributed by atoms with Crippen molar-refractivity contribution in [2.45, 2.75) is 51.6 Å². The molecule has 2 aromatic carbocycles. The Bertz CT molecular complexity index is 927. The van der Waals surface area contributed by atoms with E-state index in [4.69, 9.17) is 9.47 Å². The van der Waals surface area contributed by atoms with Crippen LogP contribution in [0.3, 0.4) is 0 Å². The van der Waals surface area contributed by atoms with Crippen LogP contribution in [0.2, 0.25) is 0 Å².